The van der Waals surface area contributed by atoms with Crippen LogP contribution < -0.4 is 0 Å². The Morgan fingerprint density at radius 1 is 1.04 bits per heavy atom. The number of rotatable bonds is 6. The second-order valence-corrected chi connectivity index (χ2v) is 6.20. The highest BCUT2D eigenvalue weighted by atomic mass is 16.7. The van der Waals surface area contributed by atoms with E-state index in [4.69, 9.17) is 9.47 Å². The number of aliphatic hydroxyl groups excluding tert-OH is 3. The number of aliphatic carboxylic acids is 1. The first-order chi connectivity index (χ1) is 12.7. The van der Waals surface area contributed by atoms with Crippen molar-refractivity contribution in [2.24, 2.45) is 5.92 Å². The van der Waals surface area contributed by atoms with E-state index < -0.39 is 47.4 Å². The summed E-state index contributed by atoms with van der Waals surface area (Å²) < 4.78 is 9.86. The molecule has 5 N–H and O–H groups in total. The number of carbonyl (C=O) groups excluding carboxylic acids is 1. The second kappa shape index (κ2) is 7.85. The molecule has 27 heavy (non-hydrogen) atoms. The number of benzene rings is 1. The van der Waals surface area contributed by atoms with Crippen molar-refractivity contribution < 1.29 is 44.6 Å². The van der Waals surface area contributed by atoms with Gasteiger partial charge in [-0.25, -0.2) is 4.79 Å². The minimum absolute atomic E-state index is 0.611. The van der Waals surface area contributed by atoms with Crippen LogP contribution in [0.15, 0.2) is 36.4 Å². The summed E-state index contributed by atoms with van der Waals surface area (Å²) in [5.74, 6) is -7.74. The molecule has 0 spiro atoms. The summed E-state index contributed by atoms with van der Waals surface area (Å²) in [6.07, 6.45) is -3.92. The van der Waals surface area contributed by atoms with E-state index in [2.05, 4.69) is 0 Å². The van der Waals surface area contributed by atoms with E-state index >= 15 is 0 Å². The number of hydrogen-bond acceptors (Lipinski definition) is 8. The van der Waals surface area contributed by atoms with Crippen molar-refractivity contribution in [2.75, 3.05) is 14.2 Å². The van der Waals surface area contributed by atoms with Gasteiger partial charge < -0.3 is 35.0 Å². The molecule has 1 aromatic rings. The first-order valence-electron chi connectivity index (χ1n) is 8.04. The van der Waals surface area contributed by atoms with Crippen molar-refractivity contribution in [3.8, 4) is 0 Å². The first kappa shape index (κ1) is 21.2. The number of carboxylic acid groups (broad SMARTS) is 1. The van der Waals surface area contributed by atoms with Crippen LogP contribution in [0.2, 0.25) is 0 Å². The largest absolute Gasteiger partial charge is 0.479 e. The van der Waals surface area contributed by atoms with E-state index in [-0.39, 0.29) is 0 Å². The molecular weight excluding hydrogens is 360 g/mol. The molecule has 5 atom stereocenters. The SMILES string of the molecule is COC1(OC)[C@@H](O)C(O)[C@H](O)C(C(=O)C=Cc2ccccc2)C1(O)C(=O)O. The molecule has 1 aliphatic carbocycles. The highest BCUT2D eigenvalue weighted by Crippen LogP contribution is 2.45. The van der Waals surface area contributed by atoms with Crippen LogP contribution in [0.25, 0.3) is 6.08 Å². The van der Waals surface area contributed by atoms with Gasteiger partial charge in [0, 0.05) is 14.2 Å². The molecular formula is C18H22O9. The van der Waals surface area contributed by atoms with Gasteiger partial charge >= 0.3 is 5.97 Å². The molecule has 148 valence electrons. The van der Waals surface area contributed by atoms with Gasteiger partial charge in [0.1, 0.15) is 12.2 Å². The fourth-order valence-corrected chi connectivity index (χ4v) is 3.44. The minimum atomic E-state index is -3.19. The number of carboxylic acids is 1. The van der Waals surface area contributed by atoms with Gasteiger partial charge in [-0.3, -0.25) is 4.79 Å². The number of aliphatic hydroxyl groups is 4. The highest BCUT2D eigenvalue weighted by Gasteiger charge is 2.74. The Bertz CT molecular complexity index is 713. The quantitative estimate of drug-likeness (QED) is 0.301. The zero-order valence-electron chi connectivity index (χ0n) is 14.7. The third kappa shape index (κ3) is 3.18. The average Bonchev–Trinajstić information content (AvgIpc) is 2.66. The van der Waals surface area contributed by atoms with E-state index in [0.29, 0.717) is 5.56 Å². The van der Waals surface area contributed by atoms with E-state index in [0.717, 1.165) is 20.3 Å². The van der Waals surface area contributed by atoms with Gasteiger partial charge in [-0.05, 0) is 11.6 Å². The summed E-state index contributed by atoms with van der Waals surface area (Å²) in [5.41, 5.74) is -2.58. The molecule has 3 unspecified atom stereocenters. The van der Waals surface area contributed by atoms with Crippen LogP contribution in [0.4, 0.5) is 0 Å². The molecule has 0 amide bonds. The molecule has 1 fully saturated rings. The molecule has 0 radical (unpaired) electrons. The number of ether oxygens (including phenoxy) is 2. The lowest BCUT2D eigenvalue weighted by molar-refractivity contribution is -0.379. The Labute approximate surface area is 155 Å². The number of allylic oxidation sites excluding steroid dienone is 1. The lowest BCUT2D eigenvalue weighted by Crippen LogP contribution is -2.80. The van der Waals surface area contributed by atoms with Gasteiger partial charge in [-0.1, -0.05) is 36.4 Å². The summed E-state index contributed by atoms with van der Waals surface area (Å²) in [7, 11) is 1.87. The summed E-state index contributed by atoms with van der Waals surface area (Å²) in [4.78, 5) is 24.6. The average molecular weight is 382 g/mol. The van der Waals surface area contributed by atoms with Crippen LogP contribution in [0.1, 0.15) is 5.56 Å². The zero-order valence-corrected chi connectivity index (χ0v) is 14.7. The standard InChI is InChI=1S/C18H22O9/c1-26-18(27-2)15(22)14(21)13(20)12(17(18,25)16(23)24)11(19)9-8-10-6-4-3-5-7-10/h3-9,12-15,20-22,25H,1-2H3,(H,23,24)/t12?,13-,14?,15+,17?/m1/s1. The van der Waals surface area contributed by atoms with Crippen molar-refractivity contribution in [3.63, 3.8) is 0 Å². The molecule has 0 heterocycles. The van der Waals surface area contributed by atoms with Crippen molar-refractivity contribution in [1.29, 1.82) is 0 Å². The number of ketones is 1. The Morgan fingerprint density at radius 2 is 1.59 bits per heavy atom. The lowest BCUT2D eigenvalue weighted by Gasteiger charge is -2.54. The van der Waals surface area contributed by atoms with Gasteiger partial charge in [0.2, 0.25) is 11.4 Å². The molecule has 0 saturated heterocycles. The maximum absolute atomic E-state index is 12.7. The topological polar surface area (TPSA) is 154 Å². The number of carbonyl (C=O) groups is 2. The summed E-state index contributed by atoms with van der Waals surface area (Å²) >= 11 is 0. The van der Waals surface area contributed by atoms with Gasteiger partial charge in [0.25, 0.3) is 0 Å². The summed E-state index contributed by atoms with van der Waals surface area (Å²) in [6, 6.07) is 8.55. The molecule has 1 saturated carbocycles. The van der Waals surface area contributed by atoms with Gasteiger partial charge in [-0.15, -0.1) is 0 Å². The molecule has 1 aromatic carbocycles. The van der Waals surface area contributed by atoms with Crippen molar-refractivity contribution in [3.05, 3.63) is 42.0 Å². The van der Waals surface area contributed by atoms with Gasteiger partial charge in [0.05, 0.1) is 12.0 Å². The lowest BCUT2D eigenvalue weighted by atomic mass is 9.64. The third-order valence-corrected chi connectivity index (χ3v) is 4.86. The normalized spacial score (nSPS) is 33.1. The van der Waals surface area contributed by atoms with Crippen LogP contribution in [0.5, 0.6) is 0 Å². The molecule has 9 nitrogen and oxygen atoms in total. The van der Waals surface area contributed by atoms with Crippen LogP contribution in [-0.2, 0) is 19.1 Å². The highest BCUT2D eigenvalue weighted by molar-refractivity contribution is 6.00. The second-order valence-electron chi connectivity index (χ2n) is 6.20. The Morgan fingerprint density at radius 3 is 2.07 bits per heavy atom. The maximum atomic E-state index is 12.7. The maximum Gasteiger partial charge on any atom is 0.342 e. The van der Waals surface area contributed by atoms with Crippen LogP contribution in [-0.4, -0.2) is 81.2 Å². The molecule has 9 heteroatoms. The zero-order chi connectivity index (χ0) is 20.4. The minimum Gasteiger partial charge on any atom is -0.479 e. The first-order valence-corrected chi connectivity index (χ1v) is 8.04. The van der Waals surface area contributed by atoms with Crippen LogP contribution in [0, 0.1) is 5.92 Å². The molecule has 0 aromatic heterocycles. The smallest absolute Gasteiger partial charge is 0.342 e. The van der Waals surface area contributed by atoms with Crippen LogP contribution in [0.3, 0.4) is 0 Å². The molecule has 0 aliphatic heterocycles. The third-order valence-electron chi connectivity index (χ3n) is 4.86. The predicted octanol–water partition coefficient (Wildman–Crippen LogP) is -1.21. The monoisotopic (exact) mass is 382 g/mol. The van der Waals surface area contributed by atoms with E-state index in [1.165, 1.54) is 6.08 Å². The van der Waals surface area contributed by atoms with E-state index in [1.807, 2.05) is 0 Å². The Balaban J connectivity index is 2.55. The van der Waals surface area contributed by atoms with Gasteiger partial charge in [-0.2, -0.15) is 0 Å². The Kier molecular flexibility index (Phi) is 6.15. The number of hydrogen-bond donors (Lipinski definition) is 5. The molecule has 1 aliphatic rings. The fraction of sp³-hybridized carbons (Fsp3) is 0.444. The summed E-state index contributed by atoms with van der Waals surface area (Å²) in [6.45, 7) is 0. The van der Waals surface area contributed by atoms with Crippen molar-refractivity contribution in [1.82, 2.24) is 0 Å². The molecule has 2 rings (SSSR count). The van der Waals surface area contributed by atoms with Crippen molar-refractivity contribution in [2.45, 2.75) is 29.7 Å². The Hall–Kier alpha value is -2.14. The van der Waals surface area contributed by atoms with Gasteiger partial charge in [0.15, 0.2) is 5.78 Å². The fourth-order valence-electron chi connectivity index (χ4n) is 3.44. The summed E-state index contributed by atoms with van der Waals surface area (Å²) in [5, 5.41) is 51.2. The molecule has 0 bridgehead atoms. The van der Waals surface area contributed by atoms with Crippen LogP contribution >= 0.6 is 0 Å². The van der Waals surface area contributed by atoms with E-state index in [1.54, 1.807) is 30.3 Å². The van der Waals surface area contributed by atoms with Crippen molar-refractivity contribution >= 4 is 17.8 Å². The van der Waals surface area contributed by atoms with E-state index in [9.17, 15) is 35.1 Å². The predicted molar refractivity (Wildman–Crippen MR) is 91.3 cm³/mol. The number of methoxy groups -OCH3 is 2.